The van der Waals surface area contributed by atoms with Crippen molar-refractivity contribution in [2.75, 3.05) is 5.75 Å². The molecule has 104 valence electrons. The zero-order valence-corrected chi connectivity index (χ0v) is 12.3. The molecule has 0 aromatic carbocycles. The van der Waals surface area contributed by atoms with Gasteiger partial charge in [0.05, 0.1) is 0 Å². The van der Waals surface area contributed by atoms with Crippen molar-refractivity contribution in [1.29, 1.82) is 0 Å². The number of aliphatic carboxylic acids is 1. The molecule has 0 radical (unpaired) electrons. The Bertz CT molecular complexity index is 304. The second-order valence-corrected chi connectivity index (χ2v) is 7.63. The normalized spacial score (nSPS) is 32.1. The molecule has 2 rings (SSSR count). The van der Waals surface area contributed by atoms with Crippen molar-refractivity contribution in [3.8, 4) is 0 Å². The Labute approximate surface area is 114 Å². The molecule has 2 unspecified atom stereocenters. The average molecular weight is 271 g/mol. The summed E-state index contributed by atoms with van der Waals surface area (Å²) in [7, 11) is 0. The third-order valence-corrected chi connectivity index (χ3v) is 5.33. The van der Waals surface area contributed by atoms with Gasteiger partial charge in [0.15, 0.2) is 0 Å². The minimum absolute atomic E-state index is 0.473. The van der Waals surface area contributed by atoms with Crippen LogP contribution in [0, 0.1) is 5.92 Å². The number of carbonyl (C=O) groups is 1. The van der Waals surface area contributed by atoms with Crippen LogP contribution < -0.4 is 5.32 Å². The fourth-order valence-electron chi connectivity index (χ4n) is 2.62. The van der Waals surface area contributed by atoms with E-state index < -0.39 is 11.5 Å². The van der Waals surface area contributed by atoms with Gasteiger partial charge in [0.25, 0.3) is 0 Å². The van der Waals surface area contributed by atoms with Gasteiger partial charge in [-0.05, 0) is 50.2 Å². The molecule has 3 nitrogen and oxygen atoms in total. The fraction of sp³-hybridized carbons (Fsp3) is 0.929. The first-order valence-corrected chi connectivity index (χ1v) is 8.19. The summed E-state index contributed by atoms with van der Waals surface area (Å²) < 4.78 is 0. The van der Waals surface area contributed by atoms with E-state index in [2.05, 4.69) is 19.2 Å². The molecule has 2 saturated carbocycles. The van der Waals surface area contributed by atoms with Gasteiger partial charge in [0.2, 0.25) is 0 Å². The van der Waals surface area contributed by atoms with Crippen LogP contribution in [0.3, 0.4) is 0 Å². The highest BCUT2D eigenvalue weighted by Crippen LogP contribution is 2.39. The second-order valence-electron chi connectivity index (χ2n) is 6.22. The van der Waals surface area contributed by atoms with Gasteiger partial charge in [0, 0.05) is 11.3 Å². The van der Waals surface area contributed by atoms with Crippen molar-refractivity contribution in [3.05, 3.63) is 0 Å². The lowest BCUT2D eigenvalue weighted by atomic mass is 9.98. The topological polar surface area (TPSA) is 49.3 Å². The molecule has 4 heteroatoms. The quantitative estimate of drug-likeness (QED) is 0.747. The zero-order valence-electron chi connectivity index (χ0n) is 11.4. The number of rotatable bonds is 7. The maximum absolute atomic E-state index is 11.5. The Hall–Kier alpha value is -0.220. The molecule has 2 aliphatic carbocycles. The molecule has 0 heterocycles. The Kier molecular flexibility index (Phi) is 4.59. The molecule has 0 aromatic rings. The van der Waals surface area contributed by atoms with Gasteiger partial charge in [-0.1, -0.05) is 13.8 Å². The SMILES string of the molecule is CC(C)CCSC1CCC(NC2CC2)(C(=O)O)C1. The van der Waals surface area contributed by atoms with Crippen LogP contribution in [-0.4, -0.2) is 33.7 Å². The number of nitrogens with one attached hydrogen (secondary N) is 1. The standard InChI is InChI=1S/C14H25NO2S/c1-10(2)6-8-18-12-5-7-14(9-12,13(16)17)15-11-3-4-11/h10-12,15H,3-9H2,1-2H3,(H,16,17). The van der Waals surface area contributed by atoms with Gasteiger partial charge in [-0.3, -0.25) is 10.1 Å². The summed E-state index contributed by atoms with van der Waals surface area (Å²) in [5, 5.41) is 13.4. The zero-order chi connectivity index (χ0) is 13.2. The average Bonchev–Trinajstić information content (AvgIpc) is 2.98. The Morgan fingerprint density at radius 1 is 1.44 bits per heavy atom. The van der Waals surface area contributed by atoms with Gasteiger partial charge < -0.3 is 5.11 Å². The molecule has 0 aliphatic heterocycles. The van der Waals surface area contributed by atoms with Gasteiger partial charge in [0.1, 0.15) is 5.54 Å². The summed E-state index contributed by atoms with van der Waals surface area (Å²) in [5.74, 6) is 1.27. The van der Waals surface area contributed by atoms with E-state index in [1.54, 1.807) is 0 Å². The van der Waals surface area contributed by atoms with Crippen molar-refractivity contribution in [3.63, 3.8) is 0 Å². The van der Waals surface area contributed by atoms with Crippen LogP contribution in [-0.2, 0) is 4.79 Å². The molecule has 2 N–H and O–H groups in total. The van der Waals surface area contributed by atoms with Gasteiger partial charge in [-0.15, -0.1) is 0 Å². The maximum Gasteiger partial charge on any atom is 0.323 e. The van der Waals surface area contributed by atoms with Crippen LogP contribution in [0.2, 0.25) is 0 Å². The fourth-order valence-corrected chi connectivity index (χ4v) is 4.25. The summed E-state index contributed by atoms with van der Waals surface area (Å²) in [6, 6.07) is 0.473. The third-order valence-electron chi connectivity index (χ3n) is 3.99. The van der Waals surface area contributed by atoms with Gasteiger partial charge >= 0.3 is 5.97 Å². The highest BCUT2D eigenvalue weighted by Gasteiger charge is 2.48. The van der Waals surface area contributed by atoms with Crippen molar-refractivity contribution in [2.45, 2.75) is 69.2 Å². The first-order valence-electron chi connectivity index (χ1n) is 7.14. The molecular formula is C14H25NO2S. The first kappa shape index (κ1) is 14.2. The lowest BCUT2D eigenvalue weighted by Crippen LogP contribution is -2.51. The lowest BCUT2D eigenvalue weighted by Gasteiger charge is -2.26. The van der Waals surface area contributed by atoms with Crippen LogP contribution in [0.1, 0.15) is 52.4 Å². The van der Waals surface area contributed by atoms with Gasteiger partial charge in [-0.2, -0.15) is 11.8 Å². The van der Waals surface area contributed by atoms with Crippen LogP contribution in [0.25, 0.3) is 0 Å². The summed E-state index contributed by atoms with van der Waals surface area (Å²) in [5.41, 5.74) is -0.614. The molecule has 18 heavy (non-hydrogen) atoms. The van der Waals surface area contributed by atoms with Gasteiger partial charge in [-0.25, -0.2) is 0 Å². The van der Waals surface area contributed by atoms with Crippen LogP contribution in [0.4, 0.5) is 0 Å². The number of thioether (sulfide) groups is 1. The maximum atomic E-state index is 11.5. The Morgan fingerprint density at radius 3 is 2.72 bits per heavy atom. The summed E-state index contributed by atoms with van der Waals surface area (Å²) in [6.45, 7) is 4.48. The van der Waals surface area contributed by atoms with Crippen molar-refractivity contribution in [2.24, 2.45) is 5.92 Å². The van der Waals surface area contributed by atoms with E-state index in [1.807, 2.05) is 11.8 Å². The van der Waals surface area contributed by atoms with E-state index in [4.69, 9.17) is 0 Å². The van der Waals surface area contributed by atoms with Crippen LogP contribution in [0.5, 0.6) is 0 Å². The van der Waals surface area contributed by atoms with Crippen LogP contribution in [0.15, 0.2) is 0 Å². The lowest BCUT2D eigenvalue weighted by molar-refractivity contribution is -0.144. The highest BCUT2D eigenvalue weighted by atomic mass is 32.2. The Morgan fingerprint density at radius 2 is 2.17 bits per heavy atom. The Balaban J connectivity index is 1.81. The van der Waals surface area contributed by atoms with E-state index in [0.717, 1.165) is 38.0 Å². The molecule has 0 amide bonds. The molecule has 0 bridgehead atoms. The molecule has 2 fully saturated rings. The molecule has 0 saturated heterocycles. The van der Waals surface area contributed by atoms with E-state index in [-0.39, 0.29) is 0 Å². The van der Waals surface area contributed by atoms with Crippen LogP contribution >= 0.6 is 11.8 Å². The number of carboxylic acid groups (broad SMARTS) is 1. The van der Waals surface area contributed by atoms with Crippen molar-refractivity contribution in [1.82, 2.24) is 5.32 Å². The number of hydrogen-bond donors (Lipinski definition) is 2. The predicted molar refractivity (Wildman–Crippen MR) is 76.1 cm³/mol. The van der Waals surface area contributed by atoms with Crippen molar-refractivity contribution < 1.29 is 9.90 Å². The molecule has 2 atom stereocenters. The van der Waals surface area contributed by atoms with E-state index in [1.165, 1.54) is 12.2 Å². The molecule has 0 spiro atoms. The molecule has 2 aliphatic rings. The monoisotopic (exact) mass is 271 g/mol. The van der Waals surface area contributed by atoms with Crippen molar-refractivity contribution >= 4 is 17.7 Å². The number of hydrogen-bond acceptors (Lipinski definition) is 3. The summed E-state index contributed by atoms with van der Waals surface area (Å²) in [4.78, 5) is 11.5. The summed E-state index contributed by atoms with van der Waals surface area (Å²) >= 11 is 1.98. The van der Waals surface area contributed by atoms with E-state index in [9.17, 15) is 9.90 Å². The smallest absolute Gasteiger partial charge is 0.323 e. The van der Waals surface area contributed by atoms with E-state index >= 15 is 0 Å². The minimum Gasteiger partial charge on any atom is -0.480 e. The highest BCUT2D eigenvalue weighted by molar-refractivity contribution is 7.99. The molecule has 0 aromatic heterocycles. The second kappa shape index (κ2) is 5.83. The third kappa shape index (κ3) is 3.64. The largest absolute Gasteiger partial charge is 0.480 e. The number of carboxylic acids is 1. The predicted octanol–water partition coefficient (Wildman–Crippen LogP) is 2.89. The first-order chi connectivity index (χ1) is 8.52. The minimum atomic E-state index is -0.638. The summed E-state index contributed by atoms with van der Waals surface area (Å²) in [6.07, 6.45) is 6.20. The molecular weight excluding hydrogens is 246 g/mol. The van der Waals surface area contributed by atoms with E-state index in [0.29, 0.717) is 11.3 Å².